The zero-order chi connectivity index (χ0) is 11.8. The molecule has 3 heteroatoms. The van der Waals surface area contributed by atoms with Gasteiger partial charge in [0.25, 0.3) is 0 Å². The molecule has 2 N–H and O–H groups in total. The van der Waals surface area contributed by atoms with Crippen LogP contribution in [-0.2, 0) is 6.42 Å². The molecule has 0 aliphatic heterocycles. The van der Waals surface area contributed by atoms with Crippen LogP contribution in [0, 0.1) is 5.92 Å². The van der Waals surface area contributed by atoms with Crippen molar-refractivity contribution >= 4 is 0 Å². The summed E-state index contributed by atoms with van der Waals surface area (Å²) in [6.07, 6.45) is 3.98. The van der Waals surface area contributed by atoms with Gasteiger partial charge in [-0.3, -0.25) is 4.98 Å². The second kappa shape index (κ2) is 7.36. The quantitative estimate of drug-likeness (QED) is 0.759. The van der Waals surface area contributed by atoms with Crippen LogP contribution in [0.5, 0.6) is 0 Å². The monoisotopic (exact) mass is 221 g/mol. The summed E-state index contributed by atoms with van der Waals surface area (Å²) in [5.74, 6) is 0.679. The van der Waals surface area contributed by atoms with E-state index in [4.69, 9.17) is 5.73 Å². The first-order chi connectivity index (χ1) is 7.72. The Morgan fingerprint density at radius 2 is 2.25 bits per heavy atom. The Morgan fingerprint density at radius 3 is 2.88 bits per heavy atom. The van der Waals surface area contributed by atoms with Crippen molar-refractivity contribution in [2.24, 2.45) is 11.7 Å². The summed E-state index contributed by atoms with van der Waals surface area (Å²) in [6.45, 7) is 5.22. The summed E-state index contributed by atoms with van der Waals surface area (Å²) in [6, 6.07) is 6.08. The highest BCUT2D eigenvalue weighted by Crippen LogP contribution is 2.03. The first kappa shape index (κ1) is 13.1. The van der Waals surface area contributed by atoms with Crippen LogP contribution >= 0.6 is 0 Å². The summed E-state index contributed by atoms with van der Waals surface area (Å²) in [4.78, 5) is 6.68. The highest BCUT2D eigenvalue weighted by atomic mass is 15.1. The molecule has 0 aromatic carbocycles. The smallest absolute Gasteiger partial charge is 0.0416 e. The van der Waals surface area contributed by atoms with Gasteiger partial charge in [0, 0.05) is 31.4 Å². The average Bonchev–Trinajstić information content (AvgIpc) is 2.28. The van der Waals surface area contributed by atoms with E-state index >= 15 is 0 Å². The normalized spacial score (nSPS) is 13.0. The molecule has 1 atom stereocenters. The largest absolute Gasteiger partial charge is 0.330 e. The van der Waals surface area contributed by atoms with E-state index in [0.717, 1.165) is 32.5 Å². The fourth-order valence-electron chi connectivity index (χ4n) is 1.85. The summed E-state index contributed by atoms with van der Waals surface area (Å²) in [5, 5.41) is 0. The number of rotatable bonds is 7. The molecule has 0 radical (unpaired) electrons. The lowest BCUT2D eigenvalue weighted by Gasteiger charge is -2.20. The Kier molecular flexibility index (Phi) is 6.04. The van der Waals surface area contributed by atoms with Crippen molar-refractivity contribution < 1.29 is 0 Å². The van der Waals surface area contributed by atoms with Gasteiger partial charge in [0.1, 0.15) is 0 Å². The van der Waals surface area contributed by atoms with Crippen molar-refractivity contribution in [1.82, 2.24) is 9.88 Å². The molecule has 3 nitrogen and oxygen atoms in total. The second-order valence-electron chi connectivity index (χ2n) is 4.52. The molecule has 0 aliphatic rings. The van der Waals surface area contributed by atoms with Gasteiger partial charge < -0.3 is 10.6 Å². The van der Waals surface area contributed by atoms with Crippen molar-refractivity contribution in [3.63, 3.8) is 0 Å². The Balaban J connectivity index is 2.22. The number of hydrogen-bond donors (Lipinski definition) is 1. The molecule has 1 rings (SSSR count). The van der Waals surface area contributed by atoms with Gasteiger partial charge in [-0.1, -0.05) is 13.0 Å². The van der Waals surface area contributed by atoms with Crippen molar-refractivity contribution in [1.29, 1.82) is 0 Å². The maximum atomic E-state index is 5.54. The Labute approximate surface area is 98.7 Å². The number of nitrogens with two attached hydrogens (primary N) is 1. The maximum absolute atomic E-state index is 5.54. The zero-order valence-corrected chi connectivity index (χ0v) is 10.4. The predicted molar refractivity (Wildman–Crippen MR) is 68.3 cm³/mol. The van der Waals surface area contributed by atoms with Gasteiger partial charge in [0.15, 0.2) is 0 Å². The van der Waals surface area contributed by atoms with Gasteiger partial charge in [-0.25, -0.2) is 0 Å². The van der Waals surface area contributed by atoms with Gasteiger partial charge in [-0.2, -0.15) is 0 Å². The fourth-order valence-corrected chi connectivity index (χ4v) is 1.85. The van der Waals surface area contributed by atoms with Crippen molar-refractivity contribution in [2.75, 3.05) is 26.7 Å². The molecule has 16 heavy (non-hydrogen) atoms. The van der Waals surface area contributed by atoms with Crippen LogP contribution in [0.15, 0.2) is 24.4 Å². The molecule has 0 spiro atoms. The Bertz CT molecular complexity index is 274. The van der Waals surface area contributed by atoms with Crippen LogP contribution in [0.25, 0.3) is 0 Å². The lowest BCUT2D eigenvalue weighted by atomic mass is 10.1. The minimum atomic E-state index is 0.679. The average molecular weight is 221 g/mol. The molecule has 0 aliphatic carbocycles. The number of pyridine rings is 1. The summed E-state index contributed by atoms with van der Waals surface area (Å²) in [7, 11) is 2.16. The van der Waals surface area contributed by atoms with E-state index in [1.807, 2.05) is 18.3 Å². The van der Waals surface area contributed by atoms with Gasteiger partial charge in [-0.15, -0.1) is 0 Å². The Morgan fingerprint density at radius 1 is 1.44 bits per heavy atom. The standard InChI is InChI=1S/C13H23N3/c1-12(6-8-14)11-16(2)10-7-13-5-3-4-9-15-13/h3-5,9,12H,6-8,10-11,14H2,1-2H3. The van der Waals surface area contributed by atoms with Crippen LogP contribution in [0.1, 0.15) is 19.0 Å². The first-order valence-corrected chi connectivity index (χ1v) is 6.01. The third-order valence-electron chi connectivity index (χ3n) is 2.76. The van der Waals surface area contributed by atoms with Crippen molar-refractivity contribution in [2.45, 2.75) is 19.8 Å². The van der Waals surface area contributed by atoms with E-state index in [1.54, 1.807) is 0 Å². The maximum Gasteiger partial charge on any atom is 0.0416 e. The third kappa shape index (κ3) is 5.24. The molecule has 90 valence electrons. The zero-order valence-electron chi connectivity index (χ0n) is 10.4. The van der Waals surface area contributed by atoms with Crippen molar-refractivity contribution in [3.05, 3.63) is 30.1 Å². The Hall–Kier alpha value is -0.930. The minimum Gasteiger partial charge on any atom is -0.330 e. The molecular formula is C13H23N3. The second-order valence-corrected chi connectivity index (χ2v) is 4.52. The number of hydrogen-bond acceptors (Lipinski definition) is 3. The molecule has 1 unspecified atom stereocenters. The van der Waals surface area contributed by atoms with Crippen LogP contribution in [0.3, 0.4) is 0 Å². The SMILES string of the molecule is CC(CCN)CN(C)CCc1ccccn1. The lowest BCUT2D eigenvalue weighted by Crippen LogP contribution is -2.27. The summed E-state index contributed by atoms with van der Waals surface area (Å²) in [5.41, 5.74) is 6.71. The molecule has 1 heterocycles. The van der Waals surface area contributed by atoms with Gasteiger partial charge in [0.2, 0.25) is 0 Å². The van der Waals surface area contributed by atoms with Crippen LogP contribution in [0.4, 0.5) is 0 Å². The lowest BCUT2D eigenvalue weighted by molar-refractivity contribution is 0.282. The molecule has 0 saturated heterocycles. The first-order valence-electron chi connectivity index (χ1n) is 6.01. The van der Waals surface area contributed by atoms with E-state index in [2.05, 4.69) is 29.9 Å². The third-order valence-corrected chi connectivity index (χ3v) is 2.76. The highest BCUT2D eigenvalue weighted by Gasteiger charge is 2.05. The van der Waals surface area contributed by atoms with E-state index in [9.17, 15) is 0 Å². The fraction of sp³-hybridized carbons (Fsp3) is 0.615. The minimum absolute atomic E-state index is 0.679. The van der Waals surface area contributed by atoms with E-state index < -0.39 is 0 Å². The van der Waals surface area contributed by atoms with Gasteiger partial charge in [0.05, 0.1) is 0 Å². The number of nitrogens with zero attached hydrogens (tertiary/aromatic N) is 2. The molecule has 1 aromatic heterocycles. The highest BCUT2D eigenvalue weighted by molar-refractivity contribution is 5.03. The molecule has 0 fully saturated rings. The van der Waals surface area contributed by atoms with Crippen molar-refractivity contribution in [3.8, 4) is 0 Å². The predicted octanol–water partition coefficient (Wildman–Crippen LogP) is 1.54. The molecule has 0 amide bonds. The topological polar surface area (TPSA) is 42.1 Å². The van der Waals surface area contributed by atoms with E-state index in [1.165, 1.54) is 5.69 Å². The van der Waals surface area contributed by atoms with E-state index in [-0.39, 0.29) is 0 Å². The van der Waals surface area contributed by atoms with E-state index in [0.29, 0.717) is 5.92 Å². The molecular weight excluding hydrogens is 198 g/mol. The summed E-state index contributed by atoms with van der Waals surface area (Å²) >= 11 is 0. The molecule has 1 aromatic rings. The summed E-state index contributed by atoms with van der Waals surface area (Å²) < 4.78 is 0. The number of likely N-dealkylation sites (N-methyl/N-ethyl adjacent to an activating group) is 1. The van der Waals surface area contributed by atoms with Crippen LogP contribution in [0.2, 0.25) is 0 Å². The van der Waals surface area contributed by atoms with Gasteiger partial charge >= 0.3 is 0 Å². The van der Waals surface area contributed by atoms with Crippen LogP contribution in [-0.4, -0.2) is 36.6 Å². The van der Waals surface area contributed by atoms with Crippen LogP contribution < -0.4 is 5.73 Å². The molecule has 0 saturated carbocycles. The number of aromatic nitrogens is 1. The molecule has 0 bridgehead atoms. The van der Waals surface area contributed by atoms with Gasteiger partial charge in [-0.05, 0) is 38.1 Å².